The van der Waals surface area contributed by atoms with Crippen LogP contribution >= 0.6 is 0 Å². The molecule has 1 aromatic rings. The van der Waals surface area contributed by atoms with Crippen molar-refractivity contribution in [2.24, 2.45) is 0 Å². The van der Waals surface area contributed by atoms with Gasteiger partial charge in [-0.2, -0.15) is 0 Å². The van der Waals surface area contributed by atoms with Gasteiger partial charge in [-0.3, -0.25) is 0 Å². The Balaban J connectivity index is 3.05. The van der Waals surface area contributed by atoms with E-state index in [2.05, 4.69) is 4.90 Å². The summed E-state index contributed by atoms with van der Waals surface area (Å²) in [6.07, 6.45) is 0. The standard InChI is InChI=1S/C13H20N2O3/c1-9(2)15(6-7-18-3)10-4-5-12(14)11(8-10)13(16)17/h4-5,8-9H,6-7,14H2,1-3H3,(H,16,17). The van der Waals surface area contributed by atoms with Gasteiger partial charge in [-0.15, -0.1) is 0 Å². The number of rotatable bonds is 6. The van der Waals surface area contributed by atoms with Crippen LogP contribution in [0, 0.1) is 0 Å². The van der Waals surface area contributed by atoms with Crippen LogP contribution in [0.4, 0.5) is 11.4 Å². The first kappa shape index (κ1) is 14.3. The summed E-state index contributed by atoms with van der Waals surface area (Å²) in [6.45, 7) is 5.39. The molecule has 0 saturated heterocycles. The van der Waals surface area contributed by atoms with E-state index >= 15 is 0 Å². The van der Waals surface area contributed by atoms with Crippen molar-refractivity contribution < 1.29 is 14.6 Å². The molecule has 3 N–H and O–H groups in total. The number of hydrogen-bond acceptors (Lipinski definition) is 4. The first-order valence-corrected chi connectivity index (χ1v) is 5.85. The number of nitrogen functional groups attached to an aromatic ring is 1. The van der Waals surface area contributed by atoms with Crippen molar-refractivity contribution in [1.82, 2.24) is 0 Å². The van der Waals surface area contributed by atoms with Gasteiger partial charge in [-0.05, 0) is 32.0 Å². The summed E-state index contributed by atoms with van der Waals surface area (Å²) >= 11 is 0. The molecule has 0 saturated carbocycles. The Kier molecular flexibility index (Phi) is 4.97. The Bertz CT molecular complexity index is 419. The Morgan fingerprint density at radius 3 is 2.67 bits per heavy atom. The van der Waals surface area contributed by atoms with E-state index in [9.17, 15) is 4.79 Å². The quantitative estimate of drug-likeness (QED) is 0.755. The summed E-state index contributed by atoms with van der Waals surface area (Å²) in [5.74, 6) is -1.01. The van der Waals surface area contributed by atoms with Crippen molar-refractivity contribution in [3.8, 4) is 0 Å². The van der Waals surface area contributed by atoms with Gasteiger partial charge in [0.05, 0.1) is 12.2 Å². The molecule has 0 atom stereocenters. The van der Waals surface area contributed by atoms with E-state index in [4.69, 9.17) is 15.6 Å². The van der Waals surface area contributed by atoms with Crippen molar-refractivity contribution in [3.05, 3.63) is 23.8 Å². The van der Waals surface area contributed by atoms with Crippen molar-refractivity contribution in [2.75, 3.05) is 30.9 Å². The van der Waals surface area contributed by atoms with E-state index in [1.54, 1.807) is 19.2 Å². The fourth-order valence-electron chi connectivity index (χ4n) is 1.78. The zero-order valence-electron chi connectivity index (χ0n) is 11.0. The van der Waals surface area contributed by atoms with Crippen LogP contribution in [0.3, 0.4) is 0 Å². The maximum atomic E-state index is 11.1. The summed E-state index contributed by atoms with van der Waals surface area (Å²) in [5, 5.41) is 9.06. The summed E-state index contributed by atoms with van der Waals surface area (Å²) in [7, 11) is 1.64. The van der Waals surface area contributed by atoms with Crippen LogP contribution in [0.1, 0.15) is 24.2 Å². The minimum absolute atomic E-state index is 0.135. The Labute approximate surface area is 107 Å². The van der Waals surface area contributed by atoms with Gasteiger partial charge in [-0.25, -0.2) is 4.79 Å². The molecule has 5 nitrogen and oxygen atoms in total. The molecular weight excluding hydrogens is 232 g/mol. The fraction of sp³-hybridized carbons (Fsp3) is 0.462. The van der Waals surface area contributed by atoms with Crippen molar-refractivity contribution >= 4 is 17.3 Å². The zero-order valence-corrected chi connectivity index (χ0v) is 11.0. The predicted molar refractivity (Wildman–Crippen MR) is 72.2 cm³/mol. The van der Waals surface area contributed by atoms with Crippen LogP contribution in [0.2, 0.25) is 0 Å². The molecule has 0 aliphatic rings. The molecule has 0 unspecified atom stereocenters. The van der Waals surface area contributed by atoms with Crippen molar-refractivity contribution in [2.45, 2.75) is 19.9 Å². The van der Waals surface area contributed by atoms with Crippen LogP contribution in [-0.4, -0.2) is 37.4 Å². The number of benzene rings is 1. The predicted octanol–water partition coefficient (Wildman–Crippen LogP) is 1.83. The lowest BCUT2D eigenvalue weighted by molar-refractivity contribution is 0.0698. The number of hydrogen-bond donors (Lipinski definition) is 2. The van der Waals surface area contributed by atoms with Crippen LogP contribution in [-0.2, 0) is 4.74 Å². The molecule has 0 spiro atoms. The molecule has 0 fully saturated rings. The second-order valence-electron chi connectivity index (χ2n) is 4.36. The number of aromatic carboxylic acids is 1. The molecule has 0 aromatic heterocycles. The largest absolute Gasteiger partial charge is 0.478 e. The summed E-state index contributed by atoms with van der Waals surface area (Å²) in [6, 6.07) is 5.32. The van der Waals surface area contributed by atoms with Gasteiger partial charge in [0, 0.05) is 31.1 Å². The molecule has 1 aromatic carbocycles. The molecule has 0 amide bonds. The normalized spacial score (nSPS) is 10.7. The third-order valence-electron chi connectivity index (χ3n) is 2.76. The highest BCUT2D eigenvalue weighted by Crippen LogP contribution is 2.23. The monoisotopic (exact) mass is 252 g/mol. The topological polar surface area (TPSA) is 75.8 Å². The zero-order chi connectivity index (χ0) is 13.7. The smallest absolute Gasteiger partial charge is 0.337 e. The van der Waals surface area contributed by atoms with Crippen LogP contribution in [0.5, 0.6) is 0 Å². The van der Waals surface area contributed by atoms with Gasteiger partial charge in [0.15, 0.2) is 0 Å². The van der Waals surface area contributed by atoms with Gasteiger partial charge >= 0.3 is 5.97 Å². The fourth-order valence-corrected chi connectivity index (χ4v) is 1.78. The molecule has 18 heavy (non-hydrogen) atoms. The number of carbonyl (C=O) groups is 1. The molecule has 0 bridgehead atoms. The molecule has 0 aliphatic heterocycles. The lowest BCUT2D eigenvalue weighted by Gasteiger charge is -2.29. The third kappa shape index (κ3) is 3.37. The number of nitrogens with two attached hydrogens (primary N) is 1. The number of anilines is 2. The van der Waals surface area contributed by atoms with Gasteiger partial charge < -0.3 is 20.5 Å². The molecule has 1 rings (SSSR count). The minimum atomic E-state index is -1.01. The average molecular weight is 252 g/mol. The van der Waals surface area contributed by atoms with Crippen LogP contribution in [0.15, 0.2) is 18.2 Å². The maximum Gasteiger partial charge on any atom is 0.337 e. The molecular formula is C13H20N2O3. The second-order valence-corrected chi connectivity index (χ2v) is 4.36. The minimum Gasteiger partial charge on any atom is -0.478 e. The second kappa shape index (κ2) is 6.26. The number of nitrogens with zero attached hydrogens (tertiary/aromatic N) is 1. The Morgan fingerprint density at radius 2 is 2.17 bits per heavy atom. The number of ether oxygens (including phenoxy) is 1. The van der Waals surface area contributed by atoms with Crippen molar-refractivity contribution in [3.63, 3.8) is 0 Å². The summed E-state index contributed by atoms with van der Waals surface area (Å²) < 4.78 is 5.06. The van der Waals surface area contributed by atoms with Gasteiger partial charge in [0.25, 0.3) is 0 Å². The number of carboxylic acid groups (broad SMARTS) is 1. The highest BCUT2D eigenvalue weighted by Gasteiger charge is 2.14. The van der Waals surface area contributed by atoms with E-state index in [1.807, 2.05) is 19.9 Å². The lowest BCUT2D eigenvalue weighted by atomic mass is 10.1. The SMILES string of the molecule is COCCN(c1ccc(N)c(C(=O)O)c1)C(C)C. The number of methoxy groups -OCH3 is 1. The Hall–Kier alpha value is -1.75. The molecule has 0 aliphatic carbocycles. The summed E-state index contributed by atoms with van der Waals surface area (Å²) in [5.41, 5.74) is 6.90. The van der Waals surface area contributed by atoms with E-state index in [0.29, 0.717) is 13.2 Å². The maximum absolute atomic E-state index is 11.1. The lowest BCUT2D eigenvalue weighted by Crippen LogP contribution is -2.34. The van der Waals surface area contributed by atoms with Gasteiger partial charge in [-0.1, -0.05) is 0 Å². The molecule has 0 radical (unpaired) electrons. The highest BCUT2D eigenvalue weighted by molar-refractivity contribution is 5.94. The average Bonchev–Trinajstić information content (AvgIpc) is 2.30. The Morgan fingerprint density at radius 1 is 1.50 bits per heavy atom. The van der Waals surface area contributed by atoms with E-state index < -0.39 is 5.97 Å². The molecule has 5 heteroatoms. The van der Waals surface area contributed by atoms with Crippen LogP contribution < -0.4 is 10.6 Å². The van der Waals surface area contributed by atoms with Gasteiger partial charge in [0.2, 0.25) is 0 Å². The van der Waals surface area contributed by atoms with E-state index in [-0.39, 0.29) is 17.3 Å². The van der Waals surface area contributed by atoms with E-state index in [1.165, 1.54) is 0 Å². The molecule has 100 valence electrons. The first-order chi connectivity index (χ1) is 8.47. The summed E-state index contributed by atoms with van der Waals surface area (Å²) in [4.78, 5) is 13.1. The van der Waals surface area contributed by atoms with Crippen molar-refractivity contribution in [1.29, 1.82) is 0 Å². The number of carboxylic acids is 1. The third-order valence-corrected chi connectivity index (χ3v) is 2.76. The highest BCUT2D eigenvalue weighted by atomic mass is 16.5. The van der Waals surface area contributed by atoms with Gasteiger partial charge in [0.1, 0.15) is 0 Å². The van der Waals surface area contributed by atoms with E-state index in [0.717, 1.165) is 5.69 Å². The van der Waals surface area contributed by atoms with Crippen LogP contribution in [0.25, 0.3) is 0 Å². The molecule has 0 heterocycles. The first-order valence-electron chi connectivity index (χ1n) is 5.85.